The van der Waals surface area contributed by atoms with Crippen LogP contribution in [0.15, 0.2) is 24.3 Å². The van der Waals surface area contributed by atoms with Gasteiger partial charge in [-0.25, -0.2) is 0 Å². The second-order valence-electron chi connectivity index (χ2n) is 5.65. The number of rotatable bonds is 7. The molecular weight excluding hydrogens is 295 g/mol. The maximum absolute atomic E-state index is 12.0. The van der Waals surface area contributed by atoms with Crippen LogP contribution in [-0.4, -0.2) is 18.3 Å². The first-order valence-corrected chi connectivity index (χ1v) is 7.51. The number of halogens is 3. The minimum Gasteiger partial charge on any atom is -0.406 e. The van der Waals surface area contributed by atoms with E-state index >= 15 is 0 Å². The van der Waals surface area contributed by atoms with Crippen molar-refractivity contribution in [3.63, 3.8) is 0 Å². The molecule has 0 aliphatic heterocycles. The van der Waals surface area contributed by atoms with Gasteiger partial charge >= 0.3 is 6.36 Å². The standard InChI is InChI=1S/C16H20F3NO2/c1-2-3-12-10-14(12)20-15(21)9-6-11-4-7-13(8-5-11)22-16(17,18)19/h4-5,7-8,12,14H,2-3,6,9-10H2,1H3,(H,20,21)/t12-,14+/m0/s1. The van der Waals surface area contributed by atoms with Crippen molar-refractivity contribution in [3.05, 3.63) is 29.8 Å². The summed E-state index contributed by atoms with van der Waals surface area (Å²) in [4.78, 5) is 11.8. The molecule has 1 aromatic rings. The largest absolute Gasteiger partial charge is 0.573 e. The summed E-state index contributed by atoms with van der Waals surface area (Å²) in [6.45, 7) is 2.13. The summed E-state index contributed by atoms with van der Waals surface area (Å²) in [5, 5.41) is 2.99. The number of alkyl halides is 3. The summed E-state index contributed by atoms with van der Waals surface area (Å²) in [5.74, 6) is 0.369. The van der Waals surface area contributed by atoms with E-state index < -0.39 is 6.36 Å². The molecule has 6 heteroatoms. The van der Waals surface area contributed by atoms with E-state index in [0.29, 0.717) is 24.8 Å². The first-order chi connectivity index (χ1) is 10.4. The fourth-order valence-corrected chi connectivity index (χ4v) is 2.51. The Labute approximate surface area is 127 Å². The quantitative estimate of drug-likeness (QED) is 0.830. The van der Waals surface area contributed by atoms with E-state index in [-0.39, 0.29) is 11.7 Å². The molecule has 3 nitrogen and oxygen atoms in total. The summed E-state index contributed by atoms with van der Waals surface area (Å²) >= 11 is 0. The van der Waals surface area contributed by atoms with Crippen LogP contribution in [0, 0.1) is 5.92 Å². The number of amides is 1. The Kier molecular flexibility index (Phi) is 5.32. The van der Waals surface area contributed by atoms with E-state index in [1.165, 1.54) is 12.1 Å². The van der Waals surface area contributed by atoms with Crippen molar-refractivity contribution in [2.45, 2.75) is 51.4 Å². The Balaban J connectivity index is 1.71. The summed E-state index contributed by atoms with van der Waals surface area (Å²) in [5.41, 5.74) is 0.811. The highest BCUT2D eigenvalue weighted by Crippen LogP contribution is 2.34. The van der Waals surface area contributed by atoms with E-state index in [9.17, 15) is 18.0 Å². The van der Waals surface area contributed by atoms with Gasteiger partial charge < -0.3 is 10.1 Å². The van der Waals surface area contributed by atoms with Crippen LogP contribution in [0.3, 0.4) is 0 Å². The van der Waals surface area contributed by atoms with Gasteiger partial charge in [0.25, 0.3) is 0 Å². The third-order valence-corrected chi connectivity index (χ3v) is 3.73. The van der Waals surface area contributed by atoms with Crippen LogP contribution in [0.1, 0.15) is 38.2 Å². The Morgan fingerprint density at radius 2 is 2.00 bits per heavy atom. The number of hydrogen-bond acceptors (Lipinski definition) is 2. The third kappa shape index (κ3) is 5.58. The van der Waals surface area contributed by atoms with Crippen LogP contribution in [0.25, 0.3) is 0 Å². The average Bonchev–Trinajstić information content (AvgIpc) is 3.14. The maximum Gasteiger partial charge on any atom is 0.573 e. The molecule has 0 radical (unpaired) electrons. The SMILES string of the molecule is CCC[C@H]1C[C@H]1NC(=O)CCc1ccc(OC(F)(F)F)cc1. The zero-order chi connectivity index (χ0) is 16.2. The van der Waals surface area contributed by atoms with E-state index in [1.807, 2.05) is 0 Å². The van der Waals surface area contributed by atoms with Crippen LogP contribution in [0.2, 0.25) is 0 Å². The van der Waals surface area contributed by atoms with Gasteiger partial charge in [0, 0.05) is 12.5 Å². The second-order valence-corrected chi connectivity index (χ2v) is 5.65. The van der Waals surface area contributed by atoms with Crippen molar-refractivity contribution in [3.8, 4) is 5.75 Å². The highest BCUT2D eigenvalue weighted by molar-refractivity contribution is 5.76. The first kappa shape index (κ1) is 16.6. The van der Waals surface area contributed by atoms with Crippen molar-refractivity contribution in [1.29, 1.82) is 0 Å². The fourth-order valence-electron chi connectivity index (χ4n) is 2.51. The molecule has 2 atom stereocenters. The molecule has 1 amide bonds. The number of carbonyl (C=O) groups excluding carboxylic acids is 1. The van der Waals surface area contributed by atoms with Gasteiger partial charge in [-0.05, 0) is 42.9 Å². The zero-order valence-electron chi connectivity index (χ0n) is 12.5. The van der Waals surface area contributed by atoms with Gasteiger partial charge in [0.05, 0.1) is 0 Å². The van der Waals surface area contributed by atoms with Gasteiger partial charge in [-0.1, -0.05) is 25.5 Å². The second kappa shape index (κ2) is 7.03. The molecule has 1 aliphatic carbocycles. The lowest BCUT2D eigenvalue weighted by Crippen LogP contribution is -2.27. The van der Waals surface area contributed by atoms with Gasteiger partial charge in [-0.3, -0.25) is 4.79 Å². The molecule has 0 spiro atoms. The van der Waals surface area contributed by atoms with Crippen molar-refractivity contribution < 1.29 is 22.7 Å². The zero-order valence-corrected chi connectivity index (χ0v) is 12.5. The highest BCUT2D eigenvalue weighted by atomic mass is 19.4. The minimum absolute atomic E-state index is 0.000721. The Morgan fingerprint density at radius 3 is 2.59 bits per heavy atom. The number of carbonyl (C=O) groups is 1. The lowest BCUT2D eigenvalue weighted by molar-refractivity contribution is -0.274. The van der Waals surface area contributed by atoms with Crippen molar-refractivity contribution in [2.24, 2.45) is 5.92 Å². The predicted molar refractivity (Wildman–Crippen MR) is 76.4 cm³/mol. The molecule has 0 saturated heterocycles. The third-order valence-electron chi connectivity index (χ3n) is 3.73. The number of hydrogen-bond donors (Lipinski definition) is 1. The molecule has 22 heavy (non-hydrogen) atoms. The number of benzene rings is 1. The average molecular weight is 315 g/mol. The normalized spacial score (nSPS) is 20.5. The van der Waals surface area contributed by atoms with Crippen LogP contribution in [-0.2, 0) is 11.2 Å². The van der Waals surface area contributed by atoms with Crippen LogP contribution >= 0.6 is 0 Å². The summed E-state index contributed by atoms with van der Waals surface area (Å²) in [7, 11) is 0. The summed E-state index contributed by atoms with van der Waals surface area (Å²) in [6.07, 6.45) is -0.503. The molecule has 0 heterocycles. The van der Waals surface area contributed by atoms with E-state index in [1.54, 1.807) is 12.1 Å². The monoisotopic (exact) mass is 315 g/mol. The lowest BCUT2D eigenvalue weighted by atomic mass is 10.1. The molecule has 0 bridgehead atoms. The molecule has 1 N–H and O–H groups in total. The van der Waals surface area contributed by atoms with Crippen molar-refractivity contribution in [2.75, 3.05) is 0 Å². The molecule has 1 aliphatic rings. The van der Waals surface area contributed by atoms with Gasteiger partial charge in [0.1, 0.15) is 5.75 Å². The van der Waals surface area contributed by atoms with Gasteiger partial charge in [0.15, 0.2) is 0 Å². The molecule has 0 aromatic heterocycles. The molecule has 1 fully saturated rings. The number of aryl methyl sites for hydroxylation is 1. The minimum atomic E-state index is -4.68. The van der Waals surface area contributed by atoms with Crippen LogP contribution < -0.4 is 10.1 Å². The highest BCUT2D eigenvalue weighted by Gasteiger charge is 2.36. The molecule has 122 valence electrons. The Bertz CT molecular complexity index is 499. The van der Waals surface area contributed by atoms with Crippen LogP contribution in [0.4, 0.5) is 13.2 Å². The lowest BCUT2D eigenvalue weighted by Gasteiger charge is -2.09. The molecule has 1 saturated carbocycles. The van der Waals surface area contributed by atoms with Gasteiger partial charge in [0.2, 0.25) is 5.91 Å². The van der Waals surface area contributed by atoms with E-state index in [0.717, 1.165) is 24.8 Å². The van der Waals surface area contributed by atoms with E-state index in [2.05, 4.69) is 17.0 Å². The fraction of sp³-hybridized carbons (Fsp3) is 0.562. The maximum atomic E-state index is 12.0. The predicted octanol–water partition coefficient (Wildman–Crippen LogP) is 3.82. The molecular formula is C16H20F3NO2. The van der Waals surface area contributed by atoms with Gasteiger partial charge in [-0.2, -0.15) is 0 Å². The topological polar surface area (TPSA) is 38.3 Å². The first-order valence-electron chi connectivity index (χ1n) is 7.51. The summed E-state index contributed by atoms with van der Waals surface area (Å²) in [6, 6.07) is 5.93. The molecule has 1 aromatic carbocycles. The molecule has 2 rings (SSSR count). The molecule has 0 unspecified atom stereocenters. The van der Waals surface area contributed by atoms with Crippen molar-refractivity contribution in [1.82, 2.24) is 5.32 Å². The Hall–Kier alpha value is -1.72. The summed E-state index contributed by atoms with van der Waals surface area (Å²) < 4.78 is 39.9. The van der Waals surface area contributed by atoms with Crippen LogP contribution in [0.5, 0.6) is 5.75 Å². The van der Waals surface area contributed by atoms with Gasteiger partial charge in [-0.15, -0.1) is 13.2 Å². The Morgan fingerprint density at radius 1 is 1.32 bits per heavy atom. The number of nitrogens with one attached hydrogen (secondary N) is 1. The number of ether oxygens (including phenoxy) is 1. The van der Waals surface area contributed by atoms with E-state index in [4.69, 9.17) is 0 Å². The van der Waals surface area contributed by atoms with Crippen molar-refractivity contribution >= 4 is 5.91 Å². The smallest absolute Gasteiger partial charge is 0.406 e.